The number of nitrogens with one attached hydrogen (secondary N) is 1. The van der Waals surface area contributed by atoms with Crippen molar-refractivity contribution in [3.63, 3.8) is 0 Å². The summed E-state index contributed by atoms with van der Waals surface area (Å²) in [4.78, 5) is 28.6. The lowest BCUT2D eigenvalue weighted by atomic mass is 10.4. The molecule has 0 bridgehead atoms. The molecule has 0 aliphatic rings. The lowest BCUT2D eigenvalue weighted by molar-refractivity contribution is -0.135. The van der Waals surface area contributed by atoms with E-state index in [0.717, 1.165) is 0 Å². The molecule has 0 fully saturated rings. The molecule has 74 valence electrons. The van der Waals surface area contributed by atoms with Gasteiger partial charge in [-0.25, -0.2) is 4.98 Å². The summed E-state index contributed by atoms with van der Waals surface area (Å²) < 4.78 is 0. The van der Waals surface area contributed by atoms with Gasteiger partial charge in [0.15, 0.2) is 0 Å². The van der Waals surface area contributed by atoms with E-state index >= 15 is 0 Å². The summed E-state index contributed by atoms with van der Waals surface area (Å²) in [5, 5.41) is 10.5. The number of carboxylic acids is 1. The van der Waals surface area contributed by atoms with Gasteiger partial charge in [0.05, 0.1) is 12.4 Å². The highest BCUT2D eigenvalue weighted by Crippen LogP contribution is 2.01. The van der Waals surface area contributed by atoms with Crippen molar-refractivity contribution >= 4 is 23.5 Å². The maximum Gasteiger partial charge on any atom is 0.322 e. The van der Waals surface area contributed by atoms with Gasteiger partial charge in [0.25, 0.3) is 5.91 Å². The third-order valence-electron chi connectivity index (χ3n) is 1.24. The molecule has 7 heteroatoms. The van der Waals surface area contributed by atoms with Crippen LogP contribution in [0.15, 0.2) is 12.4 Å². The molecule has 6 nitrogen and oxygen atoms in total. The Morgan fingerprint density at radius 1 is 1.50 bits per heavy atom. The number of carboxylic acid groups (broad SMARTS) is 1. The fraction of sp³-hybridized carbons (Fsp3) is 0.143. The number of halogens is 1. The van der Waals surface area contributed by atoms with E-state index in [1.54, 1.807) is 0 Å². The van der Waals surface area contributed by atoms with Crippen LogP contribution < -0.4 is 5.32 Å². The Kier molecular flexibility index (Phi) is 3.35. The zero-order valence-corrected chi connectivity index (χ0v) is 7.65. The van der Waals surface area contributed by atoms with Crippen LogP contribution in [0.25, 0.3) is 0 Å². The molecule has 0 spiro atoms. The zero-order chi connectivity index (χ0) is 10.6. The Bertz CT molecular complexity index is 369. The van der Waals surface area contributed by atoms with Crippen molar-refractivity contribution in [1.82, 2.24) is 15.3 Å². The predicted molar refractivity (Wildman–Crippen MR) is 47.0 cm³/mol. The Morgan fingerprint density at radius 2 is 2.21 bits per heavy atom. The third kappa shape index (κ3) is 2.98. The molecule has 1 amide bonds. The van der Waals surface area contributed by atoms with Crippen molar-refractivity contribution in [3.05, 3.63) is 23.2 Å². The minimum atomic E-state index is -1.13. The number of hydrogen-bond acceptors (Lipinski definition) is 4. The van der Waals surface area contributed by atoms with E-state index in [1.165, 1.54) is 12.4 Å². The molecule has 0 aliphatic carbocycles. The molecule has 0 saturated heterocycles. The average Bonchev–Trinajstić information content (AvgIpc) is 2.14. The van der Waals surface area contributed by atoms with Gasteiger partial charge >= 0.3 is 5.97 Å². The van der Waals surface area contributed by atoms with Crippen molar-refractivity contribution in [3.8, 4) is 0 Å². The highest BCUT2D eigenvalue weighted by molar-refractivity contribution is 6.29. The van der Waals surface area contributed by atoms with E-state index < -0.39 is 18.4 Å². The van der Waals surface area contributed by atoms with E-state index in [1.807, 2.05) is 0 Å². The normalized spacial score (nSPS) is 9.50. The van der Waals surface area contributed by atoms with Gasteiger partial charge in [-0.1, -0.05) is 11.6 Å². The monoisotopic (exact) mass is 215 g/mol. The van der Waals surface area contributed by atoms with Crippen molar-refractivity contribution in [2.75, 3.05) is 6.54 Å². The second-order valence-corrected chi connectivity index (χ2v) is 2.69. The van der Waals surface area contributed by atoms with E-state index in [4.69, 9.17) is 16.7 Å². The maximum atomic E-state index is 11.2. The third-order valence-corrected chi connectivity index (χ3v) is 1.42. The largest absolute Gasteiger partial charge is 0.480 e. The molecule has 0 unspecified atom stereocenters. The molecule has 0 aliphatic heterocycles. The molecule has 0 saturated carbocycles. The molecule has 1 aromatic heterocycles. The predicted octanol–water partition coefficient (Wildman–Crippen LogP) is -0.0556. The van der Waals surface area contributed by atoms with Crippen molar-refractivity contribution in [2.45, 2.75) is 0 Å². The van der Waals surface area contributed by atoms with Gasteiger partial charge in [0.2, 0.25) is 0 Å². The van der Waals surface area contributed by atoms with Gasteiger partial charge in [0.1, 0.15) is 17.4 Å². The second-order valence-electron chi connectivity index (χ2n) is 2.30. The van der Waals surface area contributed by atoms with Gasteiger partial charge in [0, 0.05) is 0 Å². The number of amides is 1. The summed E-state index contributed by atoms with van der Waals surface area (Å²) in [6.07, 6.45) is 2.47. The molecule has 0 atom stereocenters. The minimum Gasteiger partial charge on any atom is -0.480 e. The van der Waals surface area contributed by atoms with Crippen LogP contribution in [-0.2, 0) is 4.79 Å². The number of carbonyl (C=O) groups is 2. The molecule has 1 rings (SSSR count). The molecule has 0 aromatic carbocycles. The Hall–Kier alpha value is -1.69. The Balaban J connectivity index is 2.65. The second kappa shape index (κ2) is 4.52. The summed E-state index contributed by atoms with van der Waals surface area (Å²) in [5.41, 5.74) is -0.0150. The van der Waals surface area contributed by atoms with Gasteiger partial charge in [-0.3, -0.25) is 14.6 Å². The van der Waals surface area contributed by atoms with Gasteiger partial charge in [-0.05, 0) is 0 Å². The quantitative estimate of drug-likeness (QED) is 0.737. The SMILES string of the molecule is O=C(O)CNC(=O)c1cncc(Cl)n1. The van der Waals surface area contributed by atoms with Crippen molar-refractivity contribution in [1.29, 1.82) is 0 Å². The summed E-state index contributed by atoms with van der Waals surface area (Å²) >= 11 is 5.48. The molecular formula is C7H6ClN3O3. The van der Waals surface area contributed by atoms with Gasteiger partial charge in [-0.15, -0.1) is 0 Å². The first-order chi connectivity index (χ1) is 6.59. The number of rotatable bonds is 3. The molecule has 0 radical (unpaired) electrons. The highest BCUT2D eigenvalue weighted by Gasteiger charge is 2.08. The van der Waals surface area contributed by atoms with Crippen molar-refractivity contribution in [2.24, 2.45) is 0 Å². The molecular weight excluding hydrogens is 210 g/mol. The molecule has 2 N–H and O–H groups in total. The number of hydrogen-bond donors (Lipinski definition) is 2. The fourth-order valence-corrected chi connectivity index (χ4v) is 0.845. The van der Waals surface area contributed by atoms with E-state index in [9.17, 15) is 9.59 Å². The van der Waals surface area contributed by atoms with Crippen LogP contribution in [-0.4, -0.2) is 33.5 Å². The lowest BCUT2D eigenvalue weighted by Gasteiger charge is -2.00. The zero-order valence-electron chi connectivity index (χ0n) is 6.90. The highest BCUT2D eigenvalue weighted by atomic mass is 35.5. The van der Waals surface area contributed by atoms with E-state index in [2.05, 4.69) is 15.3 Å². The van der Waals surface area contributed by atoms with Crippen molar-refractivity contribution < 1.29 is 14.7 Å². The van der Waals surface area contributed by atoms with Crippen LogP contribution in [0, 0.1) is 0 Å². The van der Waals surface area contributed by atoms with Gasteiger partial charge < -0.3 is 10.4 Å². The van der Waals surface area contributed by atoms with Crippen LogP contribution in [0.4, 0.5) is 0 Å². The van der Waals surface area contributed by atoms with E-state index in [-0.39, 0.29) is 10.8 Å². The number of carbonyl (C=O) groups excluding carboxylic acids is 1. The number of aliphatic carboxylic acids is 1. The Morgan fingerprint density at radius 3 is 2.79 bits per heavy atom. The standard InChI is InChI=1S/C7H6ClN3O3/c8-5-2-9-1-4(11-5)7(14)10-3-6(12)13/h1-2H,3H2,(H,10,14)(H,12,13). The maximum absolute atomic E-state index is 11.2. The van der Waals surface area contributed by atoms with Crippen LogP contribution >= 0.6 is 11.6 Å². The van der Waals surface area contributed by atoms with Gasteiger partial charge in [-0.2, -0.15) is 0 Å². The lowest BCUT2D eigenvalue weighted by Crippen LogP contribution is -2.29. The van der Waals surface area contributed by atoms with Crippen LogP contribution in [0.3, 0.4) is 0 Å². The topological polar surface area (TPSA) is 92.2 Å². The van der Waals surface area contributed by atoms with Crippen LogP contribution in [0.2, 0.25) is 5.15 Å². The van der Waals surface area contributed by atoms with E-state index in [0.29, 0.717) is 0 Å². The molecule has 1 aromatic rings. The first-order valence-electron chi connectivity index (χ1n) is 3.57. The first kappa shape index (κ1) is 10.4. The summed E-state index contributed by atoms with van der Waals surface area (Å²) in [5.74, 6) is -1.75. The first-order valence-corrected chi connectivity index (χ1v) is 3.95. The molecule has 14 heavy (non-hydrogen) atoms. The fourth-order valence-electron chi connectivity index (χ4n) is 0.698. The van der Waals surface area contributed by atoms with Crippen LogP contribution in [0.5, 0.6) is 0 Å². The summed E-state index contributed by atoms with van der Waals surface area (Å²) in [6, 6.07) is 0. The number of aromatic nitrogens is 2. The van der Waals surface area contributed by atoms with Crippen LogP contribution in [0.1, 0.15) is 10.5 Å². The molecule has 1 heterocycles. The summed E-state index contributed by atoms with van der Waals surface area (Å²) in [7, 11) is 0. The average molecular weight is 216 g/mol. The Labute approximate surface area is 83.9 Å². The minimum absolute atomic E-state index is 0.0150. The summed E-state index contributed by atoms with van der Waals surface area (Å²) in [6.45, 7) is -0.465. The smallest absolute Gasteiger partial charge is 0.322 e. The number of nitrogens with zero attached hydrogens (tertiary/aromatic N) is 2.